The van der Waals surface area contributed by atoms with Crippen LogP contribution >= 0.6 is 23.2 Å². The normalized spacial score (nSPS) is 16.6. The summed E-state index contributed by atoms with van der Waals surface area (Å²) < 4.78 is 6.13. The third-order valence-electron chi connectivity index (χ3n) is 7.35. The van der Waals surface area contributed by atoms with Crippen LogP contribution in [0.25, 0.3) is 11.3 Å². The lowest BCUT2D eigenvalue weighted by Crippen LogP contribution is -2.49. The van der Waals surface area contributed by atoms with E-state index in [0.717, 1.165) is 50.1 Å². The number of carbonyl (C=O) groups excluding carboxylic acids is 2. The molecule has 2 aromatic heterocycles. The number of ether oxygens (including phenoxy) is 1. The molecule has 2 saturated heterocycles. The summed E-state index contributed by atoms with van der Waals surface area (Å²) >= 11 is 12.6. The van der Waals surface area contributed by atoms with E-state index >= 15 is 0 Å². The summed E-state index contributed by atoms with van der Waals surface area (Å²) in [5.74, 6) is 1.86. The van der Waals surface area contributed by atoms with Gasteiger partial charge in [-0.2, -0.15) is 0 Å². The van der Waals surface area contributed by atoms with Gasteiger partial charge in [-0.3, -0.25) is 14.5 Å². The van der Waals surface area contributed by atoms with E-state index in [4.69, 9.17) is 32.9 Å². The van der Waals surface area contributed by atoms with Gasteiger partial charge >= 0.3 is 0 Å². The molecule has 1 N–H and O–H groups in total. The van der Waals surface area contributed by atoms with Crippen LogP contribution in [-0.2, 0) is 16.1 Å². The molecule has 0 spiro atoms. The van der Waals surface area contributed by atoms with Gasteiger partial charge in [0.2, 0.25) is 23.6 Å². The van der Waals surface area contributed by atoms with Crippen molar-refractivity contribution in [1.82, 2.24) is 30.1 Å². The summed E-state index contributed by atoms with van der Waals surface area (Å²) in [5.41, 5.74) is 2.51. The van der Waals surface area contributed by atoms with Crippen molar-refractivity contribution in [2.45, 2.75) is 26.3 Å². The van der Waals surface area contributed by atoms with Crippen molar-refractivity contribution in [2.24, 2.45) is 5.92 Å². The molecule has 0 bridgehead atoms. The first-order valence-electron chi connectivity index (χ1n) is 13.6. The van der Waals surface area contributed by atoms with Crippen LogP contribution in [-0.4, -0.2) is 82.9 Å². The van der Waals surface area contributed by atoms with Crippen LogP contribution in [0.4, 0.5) is 5.95 Å². The van der Waals surface area contributed by atoms with Crippen molar-refractivity contribution in [1.29, 1.82) is 0 Å². The number of aromatic nitrogens is 3. The molecular weight excluding hydrogens is 565 g/mol. The molecule has 0 aliphatic carbocycles. The van der Waals surface area contributed by atoms with Gasteiger partial charge in [0.05, 0.1) is 24.6 Å². The zero-order valence-electron chi connectivity index (χ0n) is 23.1. The highest BCUT2D eigenvalue weighted by Crippen LogP contribution is 2.31. The Kier molecular flexibility index (Phi) is 9.22. The monoisotopic (exact) mass is 597 g/mol. The van der Waals surface area contributed by atoms with Gasteiger partial charge in [-0.1, -0.05) is 23.2 Å². The Labute approximate surface area is 249 Å². The minimum atomic E-state index is 0.0138. The number of pyridine rings is 1. The van der Waals surface area contributed by atoms with E-state index in [1.807, 2.05) is 29.2 Å². The molecule has 41 heavy (non-hydrogen) atoms. The number of likely N-dealkylation sites (tertiary alicyclic amines) is 1. The van der Waals surface area contributed by atoms with Gasteiger partial charge in [0.15, 0.2) is 5.75 Å². The summed E-state index contributed by atoms with van der Waals surface area (Å²) in [5, 5.41) is 3.98. The standard InChI is InChI=1S/C29H33Cl2N7O3/c1-19(39)32-14-20-3-5-37(6-4-20)17-21-9-26(22-11-23(30)13-24(31)12-22)35-27(10-21)41-25-15-33-29(34-16-25)38-8-7-36(2)28(40)18-38/h9-13,15-16,20H,3-8,14,17-18H2,1-2H3,(H,32,39). The van der Waals surface area contributed by atoms with E-state index in [1.165, 1.54) is 0 Å². The molecule has 2 aliphatic heterocycles. The third kappa shape index (κ3) is 7.84. The lowest BCUT2D eigenvalue weighted by atomic mass is 9.96. The number of amides is 2. The van der Waals surface area contributed by atoms with E-state index in [9.17, 15) is 9.59 Å². The SMILES string of the molecule is CC(=O)NCC1CCN(Cc2cc(Oc3cnc(N4CCN(C)C(=O)C4)nc3)nc(-c3cc(Cl)cc(Cl)c3)c2)CC1. The zero-order chi connectivity index (χ0) is 28.9. The first-order valence-corrected chi connectivity index (χ1v) is 14.4. The number of benzene rings is 1. The Balaban J connectivity index is 1.33. The van der Waals surface area contributed by atoms with E-state index in [1.54, 1.807) is 37.3 Å². The van der Waals surface area contributed by atoms with Crippen LogP contribution in [0.5, 0.6) is 11.6 Å². The number of nitrogens with one attached hydrogen (secondary N) is 1. The second-order valence-electron chi connectivity index (χ2n) is 10.6. The average molecular weight is 599 g/mol. The summed E-state index contributed by atoms with van der Waals surface area (Å²) in [7, 11) is 1.79. The highest BCUT2D eigenvalue weighted by molar-refractivity contribution is 6.35. The fraction of sp³-hybridized carbons (Fsp3) is 0.414. The van der Waals surface area contributed by atoms with E-state index < -0.39 is 0 Å². The van der Waals surface area contributed by atoms with Crippen LogP contribution < -0.4 is 15.0 Å². The molecule has 0 saturated carbocycles. The molecule has 12 heteroatoms. The van der Waals surface area contributed by atoms with E-state index in [-0.39, 0.29) is 18.4 Å². The number of halogens is 2. The molecule has 2 amide bonds. The lowest BCUT2D eigenvalue weighted by Gasteiger charge is -2.32. The highest BCUT2D eigenvalue weighted by Gasteiger charge is 2.23. The average Bonchev–Trinajstić information content (AvgIpc) is 2.94. The summed E-state index contributed by atoms with van der Waals surface area (Å²) in [6.45, 7) is 6.41. The molecule has 0 atom stereocenters. The maximum Gasteiger partial charge on any atom is 0.242 e. The third-order valence-corrected chi connectivity index (χ3v) is 7.79. The van der Waals surface area contributed by atoms with Crippen molar-refractivity contribution >= 4 is 41.0 Å². The second kappa shape index (κ2) is 13.0. The Morgan fingerprint density at radius 1 is 1.02 bits per heavy atom. The number of anilines is 1. The van der Waals surface area contributed by atoms with Gasteiger partial charge < -0.3 is 19.9 Å². The Hall–Kier alpha value is -3.47. The minimum Gasteiger partial charge on any atom is -0.436 e. The van der Waals surface area contributed by atoms with Crippen LogP contribution in [0, 0.1) is 5.92 Å². The Morgan fingerprint density at radius 3 is 2.39 bits per heavy atom. The first kappa shape index (κ1) is 29.0. The van der Waals surface area contributed by atoms with Crippen molar-refractivity contribution in [2.75, 3.05) is 51.2 Å². The Morgan fingerprint density at radius 2 is 1.73 bits per heavy atom. The Bertz CT molecular complexity index is 1380. The number of carbonyl (C=O) groups is 2. The second-order valence-corrected chi connectivity index (χ2v) is 11.4. The van der Waals surface area contributed by atoms with Crippen molar-refractivity contribution in [3.05, 3.63) is 58.3 Å². The fourth-order valence-corrected chi connectivity index (χ4v) is 5.55. The van der Waals surface area contributed by atoms with Gasteiger partial charge in [0.25, 0.3) is 0 Å². The largest absolute Gasteiger partial charge is 0.436 e. The number of hydrogen-bond donors (Lipinski definition) is 1. The van der Waals surface area contributed by atoms with Crippen LogP contribution in [0.3, 0.4) is 0 Å². The van der Waals surface area contributed by atoms with Crippen LogP contribution in [0.15, 0.2) is 42.7 Å². The molecule has 10 nitrogen and oxygen atoms in total. The number of nitrogens with zero attached hydrogens (tertiary/aromatic N) is 6. The molecule has 3 aromatic rings. The van der Waals surface area contributed by atoms with E-state index in [0.29, 0.717) is 52.3 Å². The van der Waals surface area contributed by atoms with E-state index in [2.05, 4.69) is 20.2 Å². The molecule has 216 valence electrons. The van der Waals surface area contributed by atoms with Gasteiger partial charge in [0.1, 0.15) is 0 Å². The molecule has 4 heterocycles. The molecule has 0 unspecified atom stereocenters. The zero-order valence-corrected chi connectivity index (χ0v) is 24.7. The summed E-state index contributed by atoms with van der Waals surface area (Å²) in [6.07, 6.45) is 5.23. The quantitative estimate of drug-likeness (QED) is 0.411. The molecule has 2 aliphatic rings. The molecule has 2 fully saturated rings. The molecule has 5 rings (SSSR count). The number of hydrogen-bond acceptors (Lipinski definition) is 8. The molecule has 1 aromatic carbocycles. The van der Waals surface area contributed by atoms with Gasteiger partial charge in [-0.15, -0.1) is 0 Å². The van der Waals surface area contributed by atoms with Crippen molar-refractivity contribution < 1.29 is 14.3 Å². The smallest absolute Gasteiger partial charge is 0.242 e. The summed E-state index contributed by atoms with van der Waals surface area (Å²) in [6, 6.07) is 9.29. The predicted octanol–water partition coefficient (Wildman–Crippen LogP) is 4.26. The lowest BCUT2D eigenvalue weighted by molar-refractivity contribution is -0.129. The number of rotatable bonds is 8. The van der Waals surface area contributed by atoms with Crippen molar-refractivity contribution in [3.8, 4) is 22.9 Å². The minimum absolute atomic E-state index is 0.0138. The summed E-state index contributed by atoms with van der Waals surface area (Å²) in [4.78, 5) is 42.9. The van der Waals surface area contributed by atoms with Gasteiger partial charge in [0, 0.05) is 61.8 Å². The number of likely N-dealkylation sites (N-methyl/N-ethyl adjacent to an activating group) is 1. The number of piperazine rings is 1. The maximum atomic E-state index is 12.1. The van der Waals surface area contributed by atoms with Crippen LogP contribution in [0.2, 0.25) is 10.0 Å². The maximum absolute atomic E-state index is 12.1. The van der Waals surface area contributed by atoms with Gasteiger partial charge in [-0.25, -0.2) is 15.0 Å². The first-order chi connectivity index (χ1) is 19.7. The van der Waals surface area contributed by atoms with Crippen molar-refractivity contribution in [3.63, 3.8) is 0 Å². The van der Waals surface area contributed by atoms with Gasteiger partial charge in [-0.05, 0) is 61.7 Å². The number of piperidine rings is 1. The molecular formula is C29H33Cl2N7O3. The highest BCUT2D eigenvalue weighted by atomic mass is 35.5. The van der Waals surface area contributed by atoms with Crippen LogP contribution in [0.1, 0.15) is 25.3 Å². The topological polar surface area (TPSA) is 104 Å². The predicted molar refractivity (Wildman–Crippen MR) is 158 cm³/mol. The fourth-order valence-electron chi connectivity index (χ4n) is 5.02. The molecule has 0 radical (unpaired) electrons.